The Balaban J connectivity index is 2.06. The van der Waals surface area contributed by atoms with Crippen molar-refractivity contribution in [3.8, 4) is 0 Å². The third kappa shape index (κ3) is 3.68. The normalized spacial score (nSPS) is 11.9. The summed E-state index contributed by atoms with van der Waals surface area (Å²) in [5.74, 6) is -0.151. The Hall–Kier alpha value is -2.13. The first kappa shape index (κ1) is 14.3. The summed E-state index contributed by atoms with van der Waals surface area (Å²) < 4.78 is 0. The van der Waals surface area contributed by atoms with Gasteiger partial charge in [0.15, 0.2) is 0 Å². The average Bonchev–Trinajstić information content (AvgIpc) is 2.48. The van der Waals surface area contributed by atoms with E-state index in [1.165, 1.54) is 0 Å². The zero-order chi connectivity index (χ0) is 14.4. The van der Waals surface area contributed by atoms with Crippen molar-refractivity contribution >= 4 is 11.6 Å². The Morgan fingerprint density at radius 2 is 1.85 bits per heavy atom. The molecule has 0 aliphatic heterocycles. The van der Waals surface area contributed by atoms with Gasteiger partial charge in [-0.1, -0.05) is 42.5 Å². The van der Waals surface area contributed by atoms with Crippen molar-refractivity contribution in [1.29, 1.82) is 0 Å². The molecule has 1 unspecified atom stereocenters. The van der Waals surface area contributed by atoms with Crippen LogP contribution in [0.4, 0.5) is 5.69 Å². The zero-order valence-corrected chi connectivity index (χ0v) is 11.9. The second-order valence-corrected chi connectivity index (χ2v) is 4.85. The molecule has 20 heavy (non-hydrogen) atoms. The quantitative estimate of drug-likeness (QED) is 0.874. The molecule has 2 aromatic carbocycles. The first-order valence-corrected chi connectivity index (χ1v) is 6.80. The van der Waals surface area contributed by atoms with Gasteiger partial charge in [-0.25, -0.2) is 0 Å². The highest BCUT2D eigenvalue weighted by atomic mass is 16.1. The van der Waals surface area contributed by atoms with Crippen molar-refractivity contribution in [2.45, 2.75) is 19.4 Å². The third-order valence-electron chi connectivity index (χ3n) is 3.27. The van der Waals surface area contributed by atoms with E-state index in [9.17, 15) is 4.79 Å². The first-order chi connectivity index (χ1) is 9.70. The van der Waals surface area contributed by atoms with Crippen molar-refractivity contribution in [3.05, 3.63) is 65.7 Å². The lowest BCUT2D eigenvalue weighted by Gasteiger charge is -2.13. The summed E-state index contributed by atoms with van der Waals surface area (Å²) >= 11 is 0. The maximum Gasteiger partial charge on any atom is 0.231 e. The van der Waals surface area contributed by atoms with Crippen LogP contribution in [0.5, 0.6) is 0 Å². The summed E-state index contributed by atoms with van der Waals surface area (Å²) in [5, 5.41) is 6.07. The van der Waals surface area contributed by atoms with Gasteiger partial charge in [-0.05, 0) is 37.2 Å². The molecular weight excluding hydrogens is 248 g/mol. The number of hydrogen-bond acceptors (Lipinski definition) is 2. The van der Waals surface area contributed by atoms with Crippen LogP contribution in [0.1, 0.15) is 24.0 Å². The zero-order valence-electron chi connectivity index (χ0n) is 11.9. The second-order valence-electron chi connectivity index (χ2n) is 4.85. The molecule has 2 aromatic rings. The smallest absolute Gasteiger partial charge is 0.231 e. The Labute approximate surface area is 120 Å². The SMILES string of the molecule is CNCc1cccc(NC(=O)C(C)c2ccccc2)c1. The summed E-state index contributed by atoms with van der Waals surface area (Å²) in [6.07, 6.45) is 0. The number of amides is 1. The molecule has 2 rings (SSSR count). The molecule has 0 bridgehead atoms. The van der Waals surface area contributed by atoms with Gasteiger partial charge >= 0.3 is 0 Å². The lowest BCUT2D eigenvalue weighted by atomic mass is 10.0. The van der Waals surface area contributed by atoms with Crippen LogP contribution in [0, 0.1) is 0 Å². The van der Waals surface area contributed by atoms with Gasteiger partial charge in [0.25, 0.3) is 0 Å². The molecule has 1 amide bonds. The van der Waals surface area contributed by atoms with E-state index in [4.69, 9.17) is 0 Å². The van der Waals surface area contributed by atoms with Gasteiger partial charge in [-0.3, -0.25) is 4.79 Å². The standard InChI is InChI=1S/C17H20N2O/c1-13(15-8-4-3-5-9-15)17(20)19-16-10-6-7-14(11-16)12-18-2/h3-11,13,18H,12H2,1-2H3,(H,19,20). The molecule has 2 N–H and O–H groups in total. The Kier molecular flexibility index (Phi) is 4.91. The summed E-state index contributed by atoms with van der Waals surface area (Å²) in [6.45, 7) is 2.71. The van der Waals surface area contributed by atoms with Crippen LogP contribution in [0.2, 0.25) is 0 Å². The maximum absolute atomic E-state index is 12.3. The number of benzene rings is 2. The minimum absolute atomic E-state index is 0.0119. The summed E-state index contributed by atoms with van der Waals surface area (Å²) in [5.41, 5.74) is 3.01. The monoisotopic (exact) mass is 268 g/mol. The first-order valence-electron chi connectivity index (χ1n) is 6.80. The third-order valence-corrected chi connectivity index (χ3v) is 3.27. The molecular formula is C17H20N2O. The molecule has 0 aromatic heterocycles. The van der Waals surface area contributed by atoms with E-state index in [-0.39, 0.29) is 11.8 Å². The molecule has 0 spiro atoms. The number of rotatable bonds is 5. The molecule has 3 heteroatoms. The van der Waals surface area contributed by atoms with E-state index in [0.29, 0.717) is 0 Å². The van der Waals surface area contributed by atoms with Gasteiger partial charge in [-0.15, -0.1) is 0 Å². The Morgan fingerprint density at radius 3 is 2.55 bits per heavy atom. The number of carbonyl (C=O) groups is 1. The predicted octanol–water partition coefficient (Wildman–Crippen LogP) is 3.15. The van der Waals surface area contributed by atoms with E-state index in [1.807, 2.05) is 68.6 Å². The lowest BCUT2D eigenvalue weighted by molar-refractivity contribution is -0.117. The Morgan fingerprint density at radius 1 is 1.10 bits per heavy atom. The minimum Gasteiger partial charge on any atom is -0.326 e. The summed E-state index contributed by atoms with van der Waals surface area (Å²) in [6, 6.07) is 17.7. The Bertz CT molecular complexity index is 566. The number of anilines is 1. The van der Waals surface area contributed by atoms with E-state index >= 15 is 0 Å². The fourth-order valence-electron chi connectivity index (χ4n) is 2.11. The van der Waals surface area contributed by atoms with Crippen molar-refractivity contribution < 1.29 is 4.79 Å². The second kappa shape index (κ2) is 6.87. The average molecular weight is 268 g/mol. The molecule has 0 heterocycles. The maximum atomic E-state index is 12.3. The summed E-state index contributed by atoms with van der Waals surface area (Å²) in [7, 11) is 1.91. The van der Waals surface area contributed by atoms with Gasteiger partial charge in [0, 0.05) is 12.2 Å². The van der Waals surface area contributed by atoms with Crippen LogP contribution < -0.4 is 10.6 Å². The van der Waals surface area contributed by atoms with Crippen molar-refractivity contribution in [2.75, 3.05) is 12.4 Å². The molecule has 0 radical (unpaired) electrons. The van der Waals surface area contributed by atoms with Crippen molar-refractivity contribution in [3.63, 3.8) is 0 Å². The van der Waals surface area contributed by atoms with Crippen LogP contribution >= 0.6 is 0 Å². The number of hydrogen-bond donors (Lipinski definition) is 2. The van der Waals surface area contributed by atoms with E-state index in [1.54, 1.807) is 0 Å². The number of carbonyl (C=O) groups excluding carboxylic acids is 1. The van der Waals surface area contributed by atoms with Crippen LogP contribution in [-0.2, 0) is 11.3 Å². The van der Waals surface area contributed by atoms with E-state index < -0.39 is 0 Å². The molecule has 3 nitrogen and oxygen atoms in total. The van der Waals surface area contributed by atoms with Crippen LogP contribution in [0.25, 0.3) is 0 Å². The topological polar surface area (TPSA) is 41.1 Å². The van der Waals surface area contributed by atoms with Gasteiger partial charge < -0.3 is 10.6 Å². The number of nitrogens with one attached hydrogen (secondary N) is 2. The molecule has 0 fully saturated rings. The highest BCUT2D eigenvalue weighted by Gasteiger charge is 2.14. The predicted molar refractivity (Wildman–Crippen MR) is 82.7 cm³/mol. The van der Waals surface area contributed by atoms with Gasteiger partial charge in [-0.2, -0.15) is 0 Å². The molecule has 0 saturated carbocycles. The molecule has 0 saturated heterocycles. The lowest BCUT2D eigenvalue weighted by Crippen LogP contribution is -2.19. The van der Waals surface area contributed by atoms with Gasteiger partial charge in [0.1, 0.15) is 0 Å². The minimum atomic E-state index is -0.163. The highest BCUT2D eigenvalue weighted by Crippen LogP contribution is 2.18. The van der Waals surface area contributed by atoms with Crippen LogP contribution in [-0.4, -0.2) is 13.0 Å². The largest absolute Gasteiger partial charge is 0.326 e. The molecule has 0 aliphatic rings. The summed E-state index contributed by atoms with van der Waals surface area (Å²) in [4.78, 5) is 12.3. The fourth-order valence-corrected chi connectivity index (χ4v) is 2.11. The molecule has 1 atom stereocenters. The van der Waals surface area contributed by atoms with Crippen LogP contribution in [0.15, 0.2) is 54.6 Å². The van der Waals surface area contributed by atoms with E-state index in [2.05, 4.69) is 10.6 Å². The fraction of sp³-hybridized carbons (Fsp3) is 0.235. The molecule has 104 valence electrons. The highest BCUT2D eigenvalue weighted by molar-refractivity contribution is 5.95. The van der Waals surface area contributed by atoms with Gasteiger partial charge in [0.2, 0.25) is 5.91 Å². The molecule has 0 aliphatic carbocycles. The van der Waals surface area contributed by atoms with E-state index in [0.717, 1.165) is 23.4 Å². The van der Waals surface area contributed by atoms with Crippen molar-refractivity contribution in [1.82, 2.24) is 5.32 Å². The van der Waals surface area contributed by atoms with Crippen molar-refractivity contribution in [2.24, 2.45) is 0 Å². The van der Waals surface area contributed by atoms with Gasteiger partial charge in [0.05, 0.1) is 5.92 Å². The van der Waals surface area contributed by atoms with Crippen LogP contribution in [0.3, 0.4) is 0 Å².